The number of hydrogen-bond acceptors (Lipinski definition) is 3. The molecule has 0 aliphatic heterocycles. The van der Waals surface area contributed by atoms with Gasteiger partial charge < -0.3 is 10.6 Å². The second kappa shape index (κ2) is 9.58. The summed E-state index contributed by atoms with van der Waals surface area (Å²) in [4.78, 5) is 6.58. The average Bonchev–Trinajstić information content (AvgIpc) is 3.08. The normalized spacial score (nSPS) is 13.3. The van der Waals surface area contributed by atoms with E-state index in [0.29, 0.717) is 5.96 Å². The molecule has 26 heavy (non-hydrogen) atoms. The lowest BCUT2D eigenvalue weighted by molar-refractivity contribution is -0.142. The number of aromatic nitrogens is 2. The molecule has 0 aliphatic carbocycles. The summed E-state index contributed by atoms with van der Waals surface area (Å²) in [7, 11) is 3.06. The number of thiophene rings is 1. The average molecular weight is 501 g/mol. The maximum Gasteiger partial charge on any atom is 0.435 e. The third-order valence-corrected chi connectivity index (χ3v) is 4.55. The third-order valence-electron chi connectivity index (χ3n) is 3.53. The third kappa shape index (κ3) is 6.45. The van der Waals surface area contributed by atoms with Crippen molar-refractivity contribution in [1.82, 2.24) is 20.4 Å². The summed E-state index contributed by atoms with van der Waals surface area (Å²) in [5, 5.41) is 9.62. The van der Waals surface area contributed by atoms with E-state index < -0.39 is 11.9 Å². The van der Waals surface area contributed by atoms with Crippen LogP contribution in [0.3, 0.4) is 0 Å². The lowest BCUT2D eigenvalue weighted by atomic mass is 10.2. The highest BCUT2D eigenvalue weighted by Gasteiger charge is 2.36. The maximum atomic E-state index is 13.0. The van der Waals surface area contributed by atoms with Gasteiger partial charge in [0.05, 0.1) is 0 Å². The standard InChI is InChI=1S/C16H22F3N5S.HI/c1-10(7-13-6-5-11(2)25-13)22-15(20-3)21-8-12-9-24(4)23-14(12)16(17,18)19;/h5-6,9-10H,7-8H2,1-4H3,(H2,20,21,22);1H. The number of rotatable bonds is 5. The first-order valence-electron chi connectivity index (χ1n) is 7.81. The van der Waals surface area contributed by atoms with Gasteiger partial charge in [0.15, 0.2) is 11.7 Å². The highest BCUT2D eigenvalue weighted by atomic mass is 127. The second-order valence-corrected chi connectivity index (χ2v) is 7.23. The summed E-state index contributed by atoms with van der Waals surface area (Å²) in [6.07, 6.45) is -2.29. The van der Waals surface area contributed by atoms with Gasteiger partial charge in [0.25, 0.3) is 0 Å². The fourth-order valence-electron chi connectivity index (χ4n) is 2.46. The van der Waals surface area contributed by atoms with Gasteiger partial charge in [-0.2, -0.15) is 18.3 Å². The van der Waals surface area contributed by atoms with E-state index in [4.69, 9.17) is 0 Å². The van der Waals surface area contributed by atoms with E-state index in [9.17, 15) is 13.2 Å². The zero-order valence-corrected chi connectivity index (χ0v) is 18.2. The molecule has 2 rings (SSSR count). The van der Waals surface area contributed by atoms with Crippen LogP contribution in [-0.2, 0) is 26.2 Å². The van der Waals surface area contributed by atoms with Gasteiger partial charge in [0.1, 0.15) is 0 Å². The van der Waals surface area contributed by atoms with E-state index in [1.807, 2.05) is 6.92 Å². The summed E-state index contributed by atoms with van der Waals surface area (Å²) in [6, 6.07) is 4.25. The lowest BCUT2D eigenvalue weighted by Crippen LogP contribution is -2.42. The molecule has 0 amide bonds. The second-order valence-electron chi connectivity index (χ2n) is 5.86. The quantitative estimate of drug-likeness (QED) is 0.373. The minimum Gasteiger partial charge on any atom is -0.354 e. The number of aliphatic imine (C=N–C) groups is 1. The van der Waals surface area contributed by atoms with Gasteiger partial charge in [0.2, 0.25) is 0 Å². The number of nitrogens with zero attached hydrogens (tertiary/aromatic N) is 3. The van der Waals surface area contributed by atoms with Gasteiger partial charge in [-0.15, -0.1) is 35.3 Å². The molecule has 0 radical (unpaired) electrons. The van der Waals surface area contributed by atoms with Crippen LogP contribution in [0.15, 0.2) is 23.3 Å². The topological polar surface area (TPSA) is 54.2 Å². The van der Waals surface area contributed by atoms with Crippen molar-refractivity contribution in [3.8, 4) is 0 Å². The van der Waals surface area contributed by atoms with Crippen molar-refractivity contribution in [2.75, 3.05) is 7.05 Å². The van der Waals surface area contributed by atoms with E-state index in [2.05, 4.69) is 39.8 Å². The van der Waals surface area contributed by atoms with Crippen molar-refractivity contribution < 1.29 is 13.2 Å². The smallest absolute Gasteiger partial charge is 0.354 e. The number of hydrogen-bond donors (Lipinski definition) is 2. The Morgan fingerprint density at radius 2 is 2.08 bits per heavy atom. The van der Waals surface area contributed by atoms with Gasteiger partial charge >= 0.3 is 6.18 Å². The Kier molecular flexibility index (Phi) is 8.38. The highest BCUT2D eigenvalue weighted by Crippen LogP contribution is 2.30. The molecule has 2 aromatic rings. The molecule has 1 atom stereocenters. The van der Waals surface area contributed by atoms with E-state index >= 15 is 0 Å². The molecular formula is C16H23F3IN5S. The van der Waals surface area contributed by atoms with E-state index in [-0.39, 0.29) is 42.1 Å². The number of guanidine groups is 1. The summed E-state index contributed by atoms with van der Waals surface area (Å²) >= 11 is 1.73. The van der Waals surface area contributed by atoms with Crippen LogP contribution in [0, 0.1) is 6.92 Å². The fourth-order valence-corrected chi connectivity index (χ4v) is 3.48. The first-order chi connectivity index (χ1) is 11.7. The van der Waals surface area contributed by atoms with Gasteiger partial charge in [0, 0.05) is 54.6 Å². The van der Waals surface area contributed by atoms with Gasteiger partial charge in [-0.05, 0) is 26.0 Å². The molecule has 0 saturated heterocycles. The van der Waals surface area contributed by atoms with Crippen LogP contribution < -0.4 is 10.6 Å². The van der Waals surface area contributed by atoms with Crippen LogP contribution >= 0.6 is 35.3 Å². The largest absolute Gasteiger partial charge is 0.435 e. The number of alkyl halides is 3. The van der Waals surface area contributed by atoms with Crippen molar-refractivity contribution in [2.45, 2.75) is 39.0 Å². The molecule has 146 valence electrons. The number of aryl methyl sites for hydroxylation is 2. The number of halogens is 4. The first-order valence-corrected chi connectivity index (χ1v) is 8.63. The first kappa shape index (κ1) is 22.7. The molecule has 2 N–H and O–H groups in total. The van der Waals surface area contributed by atoms with E-state index in [1.54, 1.807) is 18.4 Å². The van der Waals surface area contributed by atoms with Crippen LogP contribution in [0.2, 0.25) is 0 Å². The van der Waals surface area contributed by atoms with Crippen LogP contribution in [0.4, 0.5) is 13.2 Å². The Labute approximate surface area is 172 Å². The Balaban J connectivity index is 0.00000338. The molecule has 0 aromatic carbocycles. The van der Waals surface area contributed by atoms with Crippen molar-refractivity contribution >= 4 is 41.3 Å². The van der Waals surface area contributed by atoms with Crippen LogP contribution in [0.1, 0.15) is 27.9 Å². The number of nitrogens with one attached hydrogen (secondary N) is 2. The molecule has 2 heterocycles. The predicted molar refractivity (Wildman–Crippen MR) is 109 cm³/mol. The van der Waals surface area contributed by atoms with Crippen molar-refractivity contribution in [2.24, 2.45) is 12.0 Å². The monoisotopic (exact) mass is 501 g/mol. The van der Waals surface area contributed by atoms with E-state index in [1.165, 1.54) is 23.0 Å². The van der Waals surface area contributed by atoms with Crippen molar-refractivity contribution in [1.29, 1.82) is 0 Å². The molecule has 1 unspecified atom stereocenters. The molecule has 2 aromatic heterocycles. The minimum atomic E-state index is -4.47. The zero-order chi connectivity index (χ0) is 18.6. The minimum absolute atomic E-state index is 0. The summed E-state index contributed by atoms with van der Waals surface area (Å²) < 4.78 is 40.1. The lowest BCUT2D eigenvalue weighted by Gasteiger charge is -2.17. The van der Waals surface area contributed by atoms with Gasteiger partial charge in [-0.1, -0.05) is 0 Å². The predicted octanol–water partition coefficient (Wildman–Crippen LogP) is 3.72. The molecule has 0 spiro atoms. The van der Waals surface area contributed by atoms with Crippen LogP contribution in [0.5, 0.6) is 0 Å². The highest BCUT2D eigenvalue weighted by molar-refractivity contribution is 14.0. The van der Waals surface area contributed by atoms with E-state index in [0.717, 1.165) is 11.1 Å². The van der Waals surface area contributed by atoms with Crippen molar-refractivity contribution in [3.63, 3.8) is 0 Å². The molecule has 0 aliphatic rings. The Bertz CT molecular complexity index is 739. The van der Waals surface area contributed by atoms with Crippen molar-refractivity contribution in [3.05, 3.63) is 39.3 Å². The summed E-state index contributed by atoms with van der Waals surface area (Å²) in [5.41, 5.74) is -0.792. The molecule has 0 fully saturated rings. The maximum absolute atomic E-state index is 13.0. The zero-order valence-electron chi connectivity index (χ0n) is 15.0. The van der Waals surface area contributed by atoms with Crippen LogP contribution in [0.25, 0.3) is 0 Å². The van der Waals surface area contributed by atoms with Gasteiger partial charge in [-0.3, -0.25) is 9.67 Å². The fraction of sp³-hybridized carbons (Fsp3) is 0.500. The SMILES string of the molecule is CN=C(NCc1cn(C)nc1C(F)(F)F)NC(C)Cc1ccc(C)s1.I. The summed E-state index contributed by atoms with van der Waals surface area (Å²) in [5.74, 6) is 0.456. The Morgan fingerprint density at radius 1 is 1.38 bits per heavy atom. The molecule has 10 heteroatoms. The molecular weight excluding hydrogens is 478 g/mol. The Hall–Kier alpha value is -1.30. The molecule has 5 nitrogen and oxygen atoms in total. The molecule has 0 bridgehead atoms. The van der Waals surface area contributed by atoms with Crippen LogP contribution in [-0.4, -0.2) is 28.8 Å². The molecule has 0 saturated carbocycles. The Morgan fingerprint density at radius 3 is 2.62 bits per heavy atom. The van der Waals surface area contributed by atoms with Gasteiger partial charge in [-0.25, -0.2) is 0 Å². The summed E-state index contributed by atoms with van der Waals surface area (Å²) in [6.45, 7) is 4.05.